The van der Waals surface area contributed by atoms with Crippen molar-refractivity contribution in [3.05, 3.63) is 21.3 Å². The lowest BCUT2D eigenvalue weighted by molar-refractivity contribution is 0.386. The number of halogens is 1. The Morgan fingerprint density at radius 2 is 2.17 bits per heavy atom. The Kier molecular flexibility index (Phi) is 6.00. The van der Waals surface area contributed by atoms with E-state index < -0.39 is 0 Å². The smallest absolute Gasteiger partial charge is 0.0931 e. The maximum Gasteiger partial charge on any atom is 0.0931 e. The Morgan fingerprint density at radius 1 is 1.39 bits per heavy atom. The Hall–Kier alpha value is -0.0500. The van der Waals surface area contributed by atoms with Gasteiger partial charge >= 0.3 is 0 Å². The summed E-state index contributed by atoms with van der Waals surface area (Å²) in [7, 11) is 0. The molecular weight excluding hydrogens is 262 g/mol. The maximum absolute atomic E-state index is 6.02. The van der Waals surface area contributed by atoms with Crippen molar-refractivity contribution in [1.82, 2.24) is 5.32 Å². The molecule has 1 N–H and O–H groups in total. The zero-order chi connectivity index (χ0) is 12.8. The van der Waals surface area contributed by atoms with E-state index in [1.165, 1.54) is 43.4 Å². The molecule has 1 aromatic heterocycles. The third-order valence-electron chi connectivity index (χ3n) is 3.85. The van der Waals surface area contributed by atoms with E-state index in [1.807, 2.05) is 6.07 Å². The average Bonchev–Trinajstić information content (AvgIpc) is 2.98. The van der Waals surface area contributed by atoms with Gasteiger partial charge in [-0.15, -0.1) is 11.3 Å². The topological polar surface area (TPSA) is 12.0 Å². The van der Waals surface area contributed by atoms with Gasteiger partial charge in [0.05, 0.1) is 4.34 Å². The fraction of sp³-hybridized carbons (Fsp3) is 0.733. The highest BCUT2D eigenvalue weighted by Crippen LogP contribution is 2.30. The molecule has 1 aliphatic rings. The molecule has 0 bridgehead atoms. The highest BCUT2D eigenvalue weighted by molar-refractivity contribution is 7.16. The minimum absolute atomic E-state index is 0.641. The molecule has 1 saturated carbocycles. The molecule has 2 rings (SSSR count). The van der Waals surface area contributed by atoms with E-state index in [4.69, 9.17) is 11.6 Å². The molecule has 1 nitrogen and oxygen atoms in total. The lowest BCUT2D eigenvalue weighted by atomic mass is 9.96. The van der Waals surface area contributed by atoms with Gasteiger partial charge in [-0.25, -0.2) is 0 Å². The first-order valence-corrected chi connectivity index (χ1v) is 8.45. The van der Waals surface area contributed by atoms with Gasteiger partial charge in [0, 0.05) is 10.9 Å². The standard InChI is InChI=1S/C15H24ClNS/c1-2-9-17-13(10-12-5-3-4-6-12)11-14-7-8-15(16)18-14/h7-8,12-13,17H,2-6,9-11H2,1H3. The van der Waals surface area contributed by atoms with Crippen LogP contribution in [-0.2, 0) is 6.42 Å². The van der Waals surface area contributed by atoms with Gasteiger partial charge in [-0.2, -0.15) is 0 Å². The molecule has 18 heavy (non-hydrogen) atoms. The van der Waals surface area contributed by atoms with Gasteiger partial charge in [0.25, 0.3) is 0 Å². The van der Waals surface area contributed by atoms with Crippen LogP contribution in [0.4, 0.5) is 0 Å². The van der Waals surface area contributed by atoms with Crippen LogP contribution in [0.1, 0.15) is 50.3 Å². The van der Waals surface area contributed by atoms with E-state index in [0.29, 0.717) is 6.04 Å². The monoisotopic (exact) mass is 285 g/mol. The summed E-state index contributed by atoms with van der Waals surface area (Å²) in [5.74, 6) is 0.954. The van der Waals surface area contributed by atoms with Crippen LogP contribution in [0, 0.1) is 5.92 Å². The Morgan fingerprint density at radius 3 is 2.78 bits per heavy atom. The highest BCUT2D eigenvalue weighted by Gasteiger charge is 2.20. The highest BCUT2D eigenvalue weighted by atomic mass is 35.5. The molecule has 0 aliphatic heterocycles. The Bertz CT molecular complexity index is 344. The van der Waals surface area contributed by atoms with E-state index >= 15 is 0 Å². The first-order valence-electron chi connectivity index (χ1n) is 7.25. The van der Waals surface area contributed by atoms with E-state index in [9.17, 15) is 0 Å². The third kappa shape index (κ3) is 4.56. The van der Waals surface area contributed by atoms with Gasteiger partial charge in [-0.3, -0.25) is 0 Å². The SMILES string of the molecule is CCCNC(Cc1ccc(Cl)s1)CC1CCCC1. The first kappa shape index (κ1) is 14.4. The molecule has 0 radical (unpaired) electrons. The van der Waals surface area contributed by atoms with Gasteiger partial charge in [0.1, 0.15) is 0 Å². The van der Waals surface area contributed by atoms with Crippen molar-refractivity contribution in [2.24, 2.45) is 5.92 Å². The number of rotatable bonds is 7. The Balaban J connectivity index is 1.86. The summed E-state index contributed by atoms with van der Waals surface area (Å²) in [6.07, 6.45) is 9.47. The molecule has 1 unspecified atom stereocenters. The van der Waals surface area contributed by atoms with Crippen molar-refractivity contribution in [3.63, 3.8) is 0 Å². The van der Waals surface area contributed by atoms with E-state index in [2.05, 4.69) is 18.3 Å². The minimum Gasteiger partial charge on any atom is -0.314 e. The van der Waals surface area contributed by atoms with Gasteiger partial charge in [0.15, 0.2) is 0 Å². The number of hydrogen-bond donors (Lipinski definition) is 1. The van der Waals surface area contributed by atoms with Gasteiger partial charge < -0.3 is 5.32 Å². The summed E-state index contributed by atoms with van der Waals surface area (Å²) in [6, 6.07) is 4.85. The molecule has 0 spiro atoms. The summed E-state index contributed by atoms with van der Waals surface area (Å²) >= 11 is 7.75. The van der Waals surface area contributed by atoms with Crippen LogP contribution >= 0.6 is 22.9 Å². The fourth-order valence-corrected chi connectivity index (χ4v) is 4.11. The van der Waals surface area contributed by atoms with Crippen LogP contribution in [0.2, 0.25) is 4.34 Å². The molecule has 1 atom stereocenters. The van der Waals surface area contributed by atoms with Crippen molar-refractivity contribution >= 4 is 22.9 Å². The van der Waals surface area contributed by atoms with Gasteiger partial charge in [-0.05, 0) is 43.9 Å². The van der Waals surface area contributed by atoms with Crippen molar-refractivity contribution in [3.8, 4) is 0 Å². The van der Waals surface area contributed by atoms with Crippen LogP contribution in [0.15, 0.2) is 12.1 Å². The second kappa shape index (κ2) is 7.52. The average molecular weight is 286 g/mol. The quantitative estimate of drug-likeness (QED) is 0.752. The largest absolute Gasteiger partial charge is 0.314 e. The van der Waals surface area contributed by atoms with Crippen LogP contribution in [0.25, 0.3) is 0 Å². The second-order valence-corrected chi connectivity index (χ2v) is 7.25. The zero-order valence-corrected chi connectivity index (χ0v) is 12.8. The number of hydrogen-bond acceptors (Lipinski definition) is 2. The number of thiophene rings is 1. The summed E-state index contributed by atoms with van der Waals surface area (Å²) in [6.45, 7) is 3.37. The summed E-state index contributed by atoms with van der Waals surface area (Å²) < 4.78 is 0.917. The fourth-order valence-electron chi connectivity index (χ4n) is 2.94. The zero-order valence-electron chi connectivity index (χ0n) is 11.3. The Labute approximate surface area is 120 Å². The molecule has 1 aromatic rings. The van der Waals surface area contributed by atoms with Crippen molar-refractivity contribution in [2.45, 2.75) is 57.9 Å². The second-order valence-electron chi connectivity index (χ2n) is 5.45. The molecule has 0 aromatic carbocycles. The molecule has 0 amide bonds. The predicted octanol–water partition coefficient (Wildman–Crippen LogP) is 4.89. The number of nitrogens with one attached hydrogen (secondary N) is 1. The van der Waals surface area contributed by atoms with E-state index in [0.717, 1.165) is 23.2 Å². The lowest BCUT2D eigenvalue weighted by Crippen LogP contribution is -2.33. The third-order valence-corrected chi connectivity index (χ3v) is 5.11. The van der Waals surface area contributed by atoms with Gasteiger partial charge in [0.2, 0.25) is 0 Å². The van der Waals surface area contributed by atoms with Crippen molar-refractivity contribution < 1.29 is 0 Å². The molecule has 1 heterocycles. The molecule has 1 aliphatic carbocycles. The van der Waals surface area contributed by atoms with Crippen molar-refractivity contribution in [2.75, 3.05) is 6.54 Å². The van der Waals surface area contributed by atoms with Crippen LogP contribution in [0.5, 0.6) is 0 Å². The van der Waals surface area contributed by atoms with E-state index in [1.54, 1.807) is 11.3 Å². The molecule has 0 saturated heterocycles. The van der Waals surface area contributed by atoms with Crippen molar-refractivity contribution in [1.29, 1.82) is 0 Å². The predicted molar refractivity (Wildman–Crippen MR) is 81.7 cm³/mol. The molecular formula is C15H24ClNS. The maximum atomic E-state index is 6.02. The normalized spacial score (nSPS) is 18.3. The molecule has 3 heteroatoms. The molecule has 102 valence electrons. The van der Waals surface area contributed by atoms with E-state index in [-0.39, 0.29) is 0 Å². The minimum atomic E-state index is 0.641. The van der Waals surface area contributed by atoms with Crippen LogP contribution in [-0.4, -0.2) is 12.6 Å². The van der Waals surface area contributed by atoms with Crippen LogP contribution in [0.3, 0.4) is 0 Å². The summed E-state index contributed by atoms with van der Waals surface area (Å²) in [4.78, 5) is 1.42. The lowest BCUT2D eigenvalue weighted by Gasteiger charge is -2.21. The van der Waals surface area contributed by atoms with Gasteiger partial charge in [-0.1, -0.05) is 44.2 Å². The first-order chi connectivity index (χ1) is 8.78. The van der Waals surface area contributed by atoms with Crippen LogP contribution < -0.4 is 5.32 Å². The molecule has 1 fully saturated rings. The summed E-state index contributed by atoms with van der Waals surface area (Å²) in [5, 5.41) is 3.72. The summed E-state index contributed by atoms with van der Waals surface area (Å²) in [5.41, 5.74) is 0.